The molecule has 0 radical (unpaired) electrons. The van der Waals surface area contributed by atoms with Crippen LogP contribution in [0.25, 0.3) is 0 Å². The third-order valence-electron chi connectivity index (χ3n) is 3.28. The van der Waals surface area contributed by atoms with Gasteiger partial charge < -0.3 is 10.5 Å². The Morgan fingerprint density at radius 2 is 1.53 bits per heavy atom. The molecular formula is C16H19FNO+. The third kappa shape index (κ3) is 3.32. The number of hydrogen-bond donors (Lipinski definition) is 1. The number of ether oxygens (including phenoxy) is 1. The molecule has 2 nitrogen and oxygen atoms in total. The molecule has 2 aromatic carbocycles. The average Bonchev–Trinajstić information content (AvgIpc) is 2.46. The maximum absolute atomic E-state index is 13.0. The van der Waals surface area contributed by atoms with Gasteiger partial charge in [0.25, 0.3) is 0 Å². The minimum absolute atomic E-state index is 0.202. The Morgan fingerprint density at radius 1 is 1.00 bits per heavy atom. The lowest BCUT2D eigenvalue weighted by molar-refractivity contribution is -0.368. The molecule has 2 rings (SSSR count). The first-order valence-corrected chi connectivity index (χ1v) is 6.43. The van der Waals surface area contributed by atoms with Gasteiger partial charge in [-0.2, -0.15) is 0 Å². The van der Waals surface area contributed by atoms with E-state index in [2.05, 4.69) is 17.9 Å². The van der Waals surface area contributed by atoms with Crippen molar-refractivity contribution < 1.29 is 14.9 Å². The van der Waals surface area contributed by atoms with Crippen molar-refractivity contribution in [2.45, 2.75) is 12.3 Å². The predicted molar refractivity (Wildman–Crippen MR) is 73.6 cm³/mol. The Labute approximate surface area is 113 Å². The van der Waals surface area contributed by atoms with Crippen LogP contribution in [-0.2, 0) is 0 Å². The van der Waals surface area contributed by atoms with Crippen molar-refractivity contribution in [3.63, 3.8) is 0 Å². The quantitative estimate of drug-likeness (QED) is 0.881. The van der Waals surface area contributed by atoms with Gasteiger partial charge in [-0.25, -0.2) is 4.39 Å². The zero-order valence-corrected chi connectivity index (χ0v) is 11.1. The van der Waals surface area contributed by atoms with E-state index < -0.39 is 0 Å². The van der Waals surface area contributed by atoms with Crippen LogP contribution < -0.4 is 10.5 Å². The van der Waals surface area contributed by atoms with Crippen LogP contribution in [0.15, 0.2) is 48.5 Å². The van der Waals surface area contributed by atoms with Gasteiger partial charge in [0.15, 0.2) is 0 Å². The monoisotopic (exact) mass is 260 g/mol. The molecule has 0 bridgehead atoms. The Morgan fingerprint density at radius 3 is 2.00 bits per heavy atom. The van der Waals surface area contributed by atoms with Crippen LogP contribution in [0.3, 0.4) is 0 Å². The minimum Gasteiger partial charge on any atom is -0.497 e. The maximum Gasteiger partial charge on any atom is 0.123 e. The SMILES string of the molecule is COc1ccc([C@H](CC[NH3+])c2ccc(F)cc2)cc1. The molecule has 3 N–H and O–H groups in total. The first-order valence-electron chi connectivity index (χ1n) is 6.43. The van der Waals surface area contributed by atoms with E-state index in [0.29, 0.717) is 0 Å². The van der Waals surface area contributed by atoms with Crippen molar-refractivity contribution >= 4 is 0 Å². The molecule has 0 saturated carbocycles. The highest BCUT2D eigenvalue weighted by molar-refractivity contribution is 5.36. The Hall–Kier alpha value is -1.87. The molecular weight excluding hydrogens is 241 g/mol. The molecule has 0 aliphatic heterocycles. The number of hydrogen-bond acceptors (Lipinski definition) is 1. The summed E-state index contributed by atoms with van der Waals surface area (Å²) in [5, 5.41) is 0. The lowest BCUT2D eigenvalue weighted by Gasteiger charge is -2.16. The van der Waals surface area contributed by atoms with E-state index in [1.54, 1.807) is 7.11 Å². The van der Waals surface area contributed by atoms with Crippen molar-refractivity contribution in [3.8, 4) is 5.75 Å². The summed E-state index contributed by atoms with van der Waals surface area (Å²) in [4.78, 5) is 0. The normalized spacial score (nSPS) is 12.2. The zero-order chi connectivity index (χ0) is 13.7. The van der Waals surface area contributed by atoms with Gasteiger partial charge in [0.05, 0.1) is 13.7 Å². The number of quaternary nitrogens is 1. The molecule has 0 unspecified atom stereocenters. The van der Waals surface area contributed by atoms with E-state index in [0.717, 1.165) is 24.3 Å². The Bertz CT molecular complexity index is 507. The molecule has 0 amide bonds. The molecule has 0 spiro atoms. The maximum atomic E-state index is 13.0. The highest BCUT2D eigenvalue weighted by atomic mass is 19.1. The van der Waals surface area contributed by atoms with Crippen molar-refractivity contribution in [2.24, 2.45) is 0 Å². The highest BCUT2D eigenvalue weighted by Crippen LogP contribution is 2.28. The number of rotatable bonds is 5. The molecule has 0 aromatic heterocycles. The van der Waals surface area contributed by atoms with Crippen LogP contribution in [-0.4, -0.2) is 13.7 Å². The molecule has 1 atom stereocenters. The fourth-order valence-corrected chi connectivity index (χ4v) is 2.26. The Balaban J connectivity index is 2.30. The topological polar surface area (TPSA) is 36.9 Å². The molecule has 3 heteroatoms. The van der Waals surface area contributed by atoms with Crippen LogP contribution in [0.4, 0.5) is 4.39 Å². The summed E-state index contributed by atoms with van der Waals surface area (Å²) < 4.78 is 18.2. The van der Waals surface area contributed by atoms with Gasteiger partial charge in [0, 0.05) is 12.3 Å². The first-order chi connectivity index (χ1) is 9.24. The Kier molecular flexibility index (Phi) is 4.53. The largest absolute Gasteiger partial charge is 0.497 e. The van der Waals surface area contributed by atoms with Crippen molar-refractivity contribution in [1.82, 2.24) is 0 Å². The van der Waals surface area contributed by atoms with Gasteiger partial charge >= 0.3 is 0 Å². The minimum atomic E-state index is -0.202. The second-order valence-corrected chi connectivity index (χ2v) is 4.52. The predicted octanol–water partition coefficient (Wildman–Crippen LogP) is 2.60. The first kappa shape index (κ1) is 13.6. The van der Waals surface area contributed by atoms with Gasteiger partial charge in [-0.05, 0) is 35.4 Å². The molecule has 0 aliphatic rings. The fourth-order valence-electron chi connectivity index (χ4n) is 2.26. The van der Waals surface area contributed by atoms with Crippen LogP contribution in [0, 0.1) is 5.82 Å². The van der Waals surface area contributed by atoms with E-state index >= 15 is 0 Å². The van der Waals surface area contributed by atoms with E-state index in [-0.39, 0.29) is 11.7 Å². The zero-order valence-electron chi connectivity index (χ0n) is 11.1. The number of benzene rings is 2. The molecule has 0 saturated heterocycles. The van der Waals surface area contributed by atoms with Gasteiger partial charge in [-0.3, -0.25) is 0 Å². The standard InChI is InChI=1S/C16H18FNO/c1-19-15-8-4-13(5-9-15)16(10-11-18)12-2-6-14(17)7-3-12/h2-9,16H,10-11,18H2,1H3/p+1/t16-/m1/s1. The van der Waals surface area contributed by atoms with Crippen molar-refractivity contribution in [1.29, 1.82) is 0 Å². The second kappa shape index (κ2) is 6.34. The van der Waals surface area contributed by atoms with Gasteiger partial charge in [-0.15, -0.1) is 0 Å². The molecule has 2 aromatic rings. The van der Waals surface area contributed by atoms with Crippen molar-refractivity contribution in [2.75, 3.05) is 13.7 Å². The summed E-state index contributed by atoms with van der Waals surface area (Å²) in [6.45, 7) is 0.841. The van der Waals surface area contributed by atoms with E-state index in [4.69, 9.17) is 4.74 Å². The molecule has 0 fully saturated rings. The third-order valence-corrected chi connectivity index (χ3v) is 3.28. The summed E-state index contributed by atoms with van der Waals surface area (Å²) in [6, 6.07) is 14.7. The van der Waals surface area contributed by atoms with Gasteiger partial charge in [0.2, 0.25) is 0 Å². The second-order valence-electron chi connectivity index (χ2n) is 4.52. The number of methoxy groups -OCH3 is 1. The molecule has 100 valence electrons. The van der Waals surface area contributed by atoms with E-state index in [1.807, 2.05) is 24.3 Å². The van der Waals surface area contributed by atoms with Crippen molar-refractivity contribution in [3.05, 3.63) is 65.5 Å². The summed E-state index contributed by atoms with van der Waals surface area (Å²) in [5.41, 5.74) is 6.25. The van der Waals surface area contributed by atoms with Gasteiger partial charge in [-0.1, -0.05) is 24.3 Å². The lowest BCUT2D eigenvalue weighted by atomic mass is 9.88. The summed E-state index contributed by atoms with van der Waals surface area (Å²) >= 11 is 0. The van der Waals surface area contributed by atoms with E-state index in [9.17, 15) is 4.39 Å². The summed E-state index contributed by atoms with van der Waals surface area (Å²) in [6.07, 6.45) is 0.942. The summed E-state index contributed by atoms with van der Waals surface area (Å²) in [5.74, 6) is 0.895. The summed E-state index contributed by atoms with van der Waals surface area (Å²) in [7, 11) is 1.66. The fraction of sp³-hybridized carbons (Fsp3) is 0.250. The average molecular weight is 260 g/mol. The van der Waals surface area contributed by atoms with Crippen LogP contribution in [0.5, 0.6) is 5.75 Å². The van der Waals surface area contributed by atoms with Crippen LogP contribution in [0.1, 0.15) is 23.5 Å². The molecule has 0 heterocycles. The molecule has 19 heavy (non-hydrogen) atoms. The number of halogens is 1. The molecule has 0 aliphatic carbocycles. The highest BCUT2D eigenvalue weighted by Gasteiger charge is 2.14. The van der Waals surface area contributed by atoms with Gasteiger partial charge in [0.1, 0.15) is 11.6 Å². The van der Waals surface area contributed by atoms with Crippen LogP contribution >= 0.6 is 0 Å². The van der Waals surface area contributed by atoms with Crippen LogP contribution in [0.2, 0.25) is 0 Å². The van der Waals surface area contributed by atoms with E-state index in [1.165, 1.54) is 17.7 Å². The smallest absolute Gasteiger partial charge is 0.123 e. The lowest BCUT2D eigenvalue weighted by Crippen LogP contribution is -2.50.